The highest BCUT2D eigenvalue weighted by Gasteiger charge is 2.01. The number of carboxylic acids is 1. The predicted molar refractivity (Wildman–Crippen MR) is 135 cm³/mol. The van der Waals surface area contributed by atoms with E-state index in [1.54, 1.807) is 0 Å². The van der Waals surface area contributed by atoms with Crippen molar-refractivity contribution >= 4 is 5.97 Å². The second-order valence-corrected chi connectivity index (χ2v) is 9.09. The van der Waals surface area contributed by atoms with Crippen LogP contribution in [0.3, 0.4) is 0 Å². The lowest BCUT2D eigenvalue weighted by molar-refractivity contribution is -0.137. The van der Waals surface area contributed by atoms with Crippen molar-refractivity contribution < 1.29 is 15.0 Å². The summed E-state index contributed by atoms with van der Waals surface area (Å²) in [5, 5.41) is 18.7. The molecule has 0 aromatic rings. The van der Waals surface area contributed by atoms with Crippen molar-refractivity contribution in [2.45, 2.75) is 148 Å². The minimum Gasteiger partial charge on any atom is -0.481 e. The normalized spacial score (nSPS) is 12.8. The van der Waals surface area contributed by atoms with Gasteiger partial charge in [-0.2, -0.15) is 0 Å². The van der Waals surface area contributed by atoms with E-state index >= 15 is 0 Å². The topological polar surface area (TPSA) is 57.5 Å². The molecule has 0 radical (unpaired) electrons. The molecule has 0 saturated heterocycles. The Kier molecular flexibility index (Phi) is 24.3. The van der Waals surface area contributed by atoms with Gasteiger partial charge >= 0.3 is 5.97 Å². The first-order chi connectivity index (χ1) is 15.2. The van der Waals surface area contributed by atoms with E-state index in [2.05, 4.69) is 31.2 Å². The molecule has 0 fully saturated rings. The molecule has 0 bridgehead atoms. The smallest absolute Gasteiger partial charge is 0.303 e. The van der Waals surface area contributed by atoms with Gasteiger partial charge in [-0.05, 0) is 38.5 Å². The van der Waals surface area contributed by atoms with Gasteiger partial charge in [-0.1, -0.05) is 121 Å². The zero-order valence-electron chi connectivity index (χ0n) is 20.5. The van der Waals surface area contributed by atoms with E-state index in [0.717, 1.165) is 38.5 Å². The highest BCUT2D eigenvalue weighted by atomic mass is 16.4. The number of hydrogen-bond acceptors (Lipinski definition) is 2. The van der Waals surface area contributed by atoms with Crippen molar-refractivity contribution in [2.24, 2.45) is 0 Å². The molecular formula is C28H52O3. The van der Waals surface area contributed by atoms with Crippen LogP contribution in [0, 0.1) is 0 Å². The van der Waals surface area contributed by atoms with Crippen molar-refractivity contribution in [3.8, 4) is 0 Å². The number of rotatable bonds is 24. The Labute approximate surface area is 193 Å². The van der Waals surface area contributed by atoms with Crippen LogP contribution >= 0.6 is 0 Å². The van der Waals surface area contributed by atoms with Gasteiger partial charge in [-0.3, -0.25) is 4.79 Å². The number of hydrogen-bond donors (Lipinski definition) is 2. The van der Waals surface area contributed by atoms with E-state index in [4.69, 9.17) is 5.11 Å². The average Bonchev–Trinajstić information content (AvgIpc) is 2.75. The molecule has 0 saturated carbocycles. The van der Waals surface area contributed by atoms with Crippen LogP contribution in [0.25, 0.3) is 0 Å². The predicted octanol–water partition coefficient (Wildman–Crippen LogP) is 8.76. The van der Waals surface area contributed by atoms with Crippen LogP contribution in [0.15, 0.2) is 24.3 Å². The van der Waals surface area contributed by atoms with Crippen LogP contribution < -0.4 is 0 Å². The number of allylic oxidation sites excluding steroid dienone is 3. The Balaban J connectivity index is 3.25. The largest absolute Gasteiger partial charge is 0.481 e. The first-order valence-electron chi connectivity index (χ1n) is 13.4. The maximum absolute atomic E-state index is 10.4. The van der Waals surface area contributed by atoms with E-state index in [9.17, 15) is 9.90 Å². The lowest BCUT2D eigenvalue weighted by Crippen LogP contribution is -2.04. The third-order valence-electron chi connectivity index (χ3n) is 5.92. The van der Waals surface area contributed by atoms with Crippen molar-refractivity contribution in [3.63, 3.8) is 0 Å². The summed E-state index contributed by atoms with van der Waals surface area (Å²) in [5.41, 5.74) is 0. The Bertz CT molecular complexity index is 428. The van der Waals surface area contributed by atoms with E-state index in [0.29, 0.717) is 6.42 Å². The fraction of sp³-hybridized carbons (Fsp3) is 0.821. The third kappa shape index (κ3) is 26.9. The Morgan fingerprint density at radius 3 is 1.74 bits per heavy atom. The van der Waals surface area contributed by atoms with Crippen LogP contribution in [0.5, 0.6) is 0 Å². The van der Waals surface area contributed by atoms with E-state index < -0.39 is 5.97 Å². The highest BCUT2D eigenvalue weighted by molar-refractivity contribution is 5.66. The Hall–Kier alpha value is -1.09. The van der Waals surface area contributed by atoms with E-state index in [1.165, 1.54) is 89.9 Å². The molecule has 182 valence electrons. The molecule has 0 aliphatic carbocycles. The number of aliphatic hydroxyl groups is 1. The van der Waals surface area contributed by atoms with Gasteiger partial charge in [0.15, 0.2) is 0 Å². The van der Waals surface area contributed by atoms with Crippen molar-refractivity contribution in [2.75, 3.05) is 0 Å². The first kappa shape index (κ1) is 29.9. The van der Waals surface area contributed by atoms with Crippen molar-refractivity contribution in [3.05, 3.63) is 24.3 Å². The molecule has 3 heteroatoms. The molecule has 0 aromatic heterocycles. The van der Waals surface area contributed by atoms with Gasteiger partial charge in [0.05, 0.1) is 6.10 Å². The van der Waals surface area contributed by atoms with Gasteiger partial charge in [0.25, 0.3) is 0 Å². The lowest BCUT2D eigenvalue weighted by atomic mass is 10.0. The minimum atomic E-state index is -0.666. The molecule has 0 aliphatic rings. The monoisotopic (exact) mass is 436 g/mol. The average molecular weight is 437 g/mol. The van der Waals surface area contributed by atoms with Crippen LogP contribution in [0.2, 0.25) is 0 Å². The molecular weight excluding hydrogens is 384 g/mol. The van der Waals surface area contributed by atoms with Gasteiger partial charge in [-0.25, -0.2) is 0 Å². The molecule has 0 rings (SSSR count). The number of unbranched alkanes of at least 4 members (excludes halogenated alkanes) is 15. The maximum atomic E-state index is 10.4. The fourth-order valence-corrected chi connectivity index (χ4v) is 3.87. The summed E-state index contributed by atoms with van der Waals surface area (Å²) in [5.74, 6) is -0.666. The minimum absolute atomic E-state index is 0.172. The zero-order chi connectivity index (χ0) is 22.8. The Morgan fingerprint density at radius 2 is 1.19 bits per heavy atom. The molecule has 0 heterocycles. The number of aliphatic hydroxyl groups excluding tert-OH is 1. The lowest BCUT2D eigenvalue weighted by Gasteiger charge is -2.07. The summed E-state index contributed by atoms with van der Waals surface area (Å²) < 4.78 is 0. The van der Waals surface area contributed by atoms with Crippen LogP contribution in [0.4, 0.5) is 0 Å². The van der Waals surface area contributed by atoms with Crippen LogP contribution in [0.1, 0.15) is 142 Å². The first-order valence-corrected chi connectivity index (χ1v) is 13.4. The van der Waals surface area contributed by atoms with Crippen molar-refractivity contribution in [1.82, 2.24) is 0 Å². The van der Waals surface area contributed by atoms with Crippen LogP contribution in [-0.4, -0.2) is 22.3 Å². The summed E-state index contributed by atoms with van der Waals surface area (Å²) in [7, 11) is 0. The molecule has 0 amide bonds. The molecule has 1 atom stereocenters. The standard InChI is InChI=1S/C28H52O3/c1-2-3-4-5-6-12-15-18-21-24-27(29)25-22-19-16-13-10-8-7-9-11-14-17-20-23-26-28(30)31/h6,12,18,21,27,29H,2-5,7-11,13-17,19-20,22-26H2,1H3,(H,30,31). The number of aliphatic carboxylic acids is 1. The molecule has 0 aromatic carbocycles. The zero-order valence-corrected chi connectivity index (χ0v) is 20.5. The van der Waals surface area contributed by atoms with Gasteiger partial charge in [0, 0.05) is 6.42 Å². The molecule has 31 heavy (non-hydrogen) atoms. The number of carboxylic acid groups (broad SMARTS) is 1. The molecule has 3 nitrogen and oxygen atoms in total. The summed E-state index contributed by atoms with van der Waals surface area (Å²) in [6.45, 7) is 2.24. The molecule has 2 N–H and O–H groups in total. The summed E-state index contributed by atoms with van der Waals surface area (Å²) in [4.78, 5) is 10.4. The van der Waals surface area contributed by atoms with Crippen LogP contribution in [-0.2, 0) is 4.79 Å². The summed E-state index contributed by atoms with van der Waals surface area (Å²) >= 11 is 0. The van der Waals surface area contributed by atoms with E-state index in [1.807, 2.05) is 0 Å². The second-order valence-electron chi connectivity index (χ2n) is 9.09. The van der Waals surface area contributed by atoms with Gasteiger partial charge in [-0.15, -0.1) is 0 Å². The molecule has 0 spiro atoms. The third-order valence-corrected chi connectivity index (χ3v) is 5.92. The van der Waals surface area contributed by atoms with Gasteiger partial charge in [0.2, 0.25) is 0 Å². The molecule has 0 aliphatic heterocycles. The Morgan fingerprint density at radius 1 is 0.677 bits per heavy atom. The summed E-state index contributed by atoms with van der Waals surface area (Å²) in [6, 6.07) is 0. The SMILES string of the molecule is CCCCCC=CCC=CCC(O)CCCCCCCCCCCCCCCC(=O)O. The van der Waals surface area contributed by atoms with E-state index in [-0.39, 0.29) is 6.10 Å². The second kappa shape index (κ2) is 25.2. The molecule has 1 unspecified atom stereocenters. The quantitative estimate of drug-likeness (QED) is 0.117. The highest BCUT2D eigenvalue weighted by Crippen LogP contribution is 2.14. The fourth-order valence-electron chi connectivity index (χ4n) is 3.87. The van der Waals surface area contributed by atoms with Gasteiger partial charge in [0.1, 0.15) is 0 Å². The van der Waals surface area contributed by atoms with Gasteiger partial charge < -0.3 is 10.2 Å². The van der Waals surface area contributed by atoms with Crippen molar-refractivity contribution in [1.29, 1.82) is 0 Å². The maximum Gasteiger partial charge on any atom is 0.303 e. The summed E-state index contributed by atoms with van der Waals surface area (Å²) in [6.07, 6.45) is 32.8. The number of carbonyl (C=O) groups is 1.